The number of carbonyl (C=O) groups excluding carboxylic acids is 2. The fourth-order valence-corrected chi connectivity index (χ4v) is 3.30. The molecule has 24 heavy (non-hydrogen) atoms. The molecule has 1 fully saturated rings. The standard InChI is InChI=1S/C21H19NO2/c22-14-15-6-4-9-17(12-15)18-10-5-11-19(13-18)21(24)20(23)16-7-2-1-3-8-16/h4-6,9-13,16H,1-3,7-8H2. The fourth-order valence-electron chi connectivity index (χ4n) is 3.30. The van der Waals surface area contributed by atoms with Crippen LogP contribution >= 0.6 is 0 Å². The molecule has 0 saturated heterocycles. The average molecular weight is 317 g/mol. The van der Waals surface area contributed by atoms with Gasteiger partial charge in [-0.2, -0.15) is 5.26 Å². The van der Waals surface area contributed by atoms with Gasteiger partial charge in [-0.1, -0.05) is 49.6 Å². The lowest BCUT2D eigenvalue weighted by molar-refractivity contribution is -0.119. The molecule has 0 spiro atoms. The predicted octanol–water partition coefficient (Wildman–Crippen LogP) is 4.56. The molecule has 3 nitrogen and oxygen atoms in total. The van der Waals surface area contributed by atoms with Gasteiger partial charge in [0.05, 0.1) is 11.6 Å². The molecule has 0 atom stereocenters. The Morgan fingerprint density at radius 3 is 2.29 bits per heavy atom. The molecule has 0 aliphatic heterocycles. The molecule has 0 unspecified atom stereocenters. The predicted molar refractivity (Wildman–Crippen MR) is 92.5 cm³/mol. The Kier molecular flexibility index (Phi) is 4.86. The third-order valence-electron chi connectivity index (χ3n) is 4.65. The minimum Gasteiger partial charge on any atom is -0.290 e. The number of carbonyl (C=O) groups is 2. The maximum atomic E-state index is 12.5. The van der Waals surface area contributed by atoms with Crippen molar-refractivity contribution in [3.8, 4) is 17.2 Å². The summed E-state index contributed by atoms with van der Waals surface area (Å²) in [5.74, 6) is -0.755. The van der Waals surface area contributed by atoms with Crippen LogP contribution in [0.15, 0.2) is 48.5 Å². The summed E-state index contributed by atoms with van der Waals surface area (Å²) in [7, 11) is 0. The molecule has 0 aromatic heterocycles. The van der Waals surface area contributed by atoms with Crippen molar-refractivity contribution < 1.29 is 9.59 Å². The normalized spacial score (nSPS) is 14.8. The topological polar surface area (TPSA) is 57.9 Å². The van der Waals surface area contributed by atoms with Gasteiger partial charge in [0, 0.05) is 11.5 Å². The molecule has 1 aliphatic rings. The maximum Gasteiger partial charge on any atom is 0.228 e. The van der Waals surface area contributed by atoms with Crippen molar-refractivity contribution in [2.24, 2.45) is 5.92 Å². The van der Waals surface area contributed by atoms with Crippen LogP contribution in [-0.4, -0.2) is 11.6 Å². The summed E-state index contributed by atoms with van der Waals surface area (Å²) in [6.07, 6.45) is 4.88. The van der Waals surface area contributed by atoms with Crippen molar-refractivity contribution in [2.75, 3.05) is 0 Å². The van der Waals surface area contributed by atoms with Gasteiger partial charge in [0.25, 0.3) is 0 Å². The number of Topliss-reactive ketones (excluding diaryl/α,β-unsaturated/α-hetero) is 2. The number of nitrogens with zero attached hydrogens (tertiary/aromatic N) is 1. The van der Waals surface area contributed by atoms with Crippen LogP contribution < -0.4 is 0 Å². The van der Waals surface area contributed by atoms with Gasteiger partial charge >= 0.3 is 0 Å². The third-order valence-corrected chi connectivity index (χ3v) is 4.65. The SMILES string of the molecule is N#Cc1cccc(-c2cccc(C(=O)C(=O)C3CCCCC3)c2)c1. The van der Waals surface area contributed by atoms with Gasteiger partial charge < -0.3 is 0 Å². The smallest absolute Gasteiger partial charge is 0.228 e. The minimum absolute atomic E-state index is 0.114. The van der Waals surface area contributed by atoms with E-state index in [0.29, 0.717) is 11.1 Å². The number of hydrogen-bond donors (Lipinski definition) is 0. The van der Waals surface area contributed by atoms with Crippen LogP contribution in [0.1, 0.15) is 48.0 Å². The zero-order valence-electron chi connectivity index (χ0n) is 13.5. The van der Waals surface area contributed by atoms with Gasteiger partial charge in [-0.05, 0) is 42.2 Å². The number of benzene rings is 2. The number of hydrogen-bond acceptors (Lipinski definition) is 3. The van der Waals surface area contributed by atoms with E-state index in [1.807, 2.05) is 18.2 Å². The number of ketones is 2. The summed E-state index contributed by atoms with van der Waals surface area (Å²) in [5, 5.41) is 9.02. The highest BCUT2D eigenvalue weighted by atomic mass is 16.2. The van der Waals surface area contributed by atoms with Gasteiger partial charge in [-0.25, -0.2) is 0 Å². The van der Waals surface area contributed by atoms with Crippen LogP contribution in [0.5, 0.6) is 0 Å². The zero-order chi connectivity index (χ0) is 16.9. The highest BCUT2D eigenvalue weighted by Gasteiger charge is 2.27. The van der Waals surface area contributed by atoms with E-state index in [-0.39, 0.29) is 17.5 Å². The van der Waals surface area contributed by atoms with Crippen molar-refractivity contribution >= 4 is 11.6 Å². The van der Waals surface area contributed by atoms with Crippen LogP contribution in [0.3, 0.4) is 0 Å². The summed E-state index contributed by atoms with van der Waals surface area (Å²) < 4.78 is 0. The van der Waals surface area contributed by atoms with E-state index in [0.717, 1.165) is 43.2 Å². The maximum absolute atomic E-state index is 12.5. The Morgan fingerprint density at radius 1 is 0.917 bits per heavy atom. The third kappa shape index (κ3) is 3.44. The molecule has 3 rings (SSSR count). The Morgan fingerprint density at radius 2 is 1.58 bits per heavy atom. The van der Waals surface area contributed by atoms with E-state index in [9.17, 15) is 9.59 Å². The quantitative estimate of drug-likeness (QED) is 0.613. The largest absolute Gasteiger partial charge is 0.290 e. The van der Waals surface area contributed by atoms with Crippen LogP contribution in [0, 0.1) is 17.2 Å². The molecule has 3 heteroatoms. The van der Waals surface area contributed by atoms with Crippen molar-refractivity contribution in [1.82, 2.24) is 0 Å². The second-order valence-corrected chi connectivity index (χ2v) is 6.30. The average Bonchev–Trinajstić information content (AvgIpc) is 2.67. The Bertz CT molecular complexity index is 811. The Labute approximate surface area is 141 Å². The molecule has 2 aromatic carbocycles. The highest BCUT2D eigenvalue weighted by Crippen LogP contribution is 2.27. The van der Waals surface area contributed by atoms with Crippen molar-refractivity contribution in [3.05, 3.63) is 59.7 Å². The summed E-state index contributed by atoms with van der Waals surface area (Å²) in [5.41, 5.74) is 2.72. The zero-order valence-corrected chi connectivity index (χ0v) is 13.5. The van der Waals surface area contributed by atoms with Gasteiger partial charge in [0.1, 0.15) is 0 Å². The molecule has 1 saturated carbocycles. The van der Waals surface area contributed by atoms with E-state index in [2.05, 4.69) is 6.07 Å². The van der Waals surface area contributed by atoms with E-state index in [1.165, 1.54) is 0 Å². The van der Waals surface area contributed by atoms with E-state index < -0.39 is 0 Å². The molecule has 0 radical (unpaired) electrons. The Hall–Kier alpha value is -2.73. The fraction of sp³-hybridized carbons (Fsp3) is 0.286. The highest BCUT2D eigenvalue weighted by molar-refractivity contribution is 6.44. The summed E-state index contributed by atoms with van der Waals surface area (Å²) >= 11 is 0. The molecule has 120 valence electrons. The van der Waals surface area contributed by atoms with E-state index in [4.69, 9.17) is 5.26 Å². The van der Waals surface area contributed by atoms with Gasteiger partial charge in [0.15, 0.2) is 0 Å². The Balaban J connectivity index is 1.85. The first kappa shape index (κ1) is 16.1. The monoisotopic (exact) mass is 317 g/mol. The van der Waals surface area contributed by atoms with Crippen molar-refractivity contribution in [3.63, 3.8) is 0 Å². The molecular formula is C21H19NO2. The number of rotatable bonds is 4. The van der Waals surface area contributed by atoms with Crippen molar-refractivity contribution in [2.45, 2.75) is 32.1 Å². The molecule has 1 aliphatic carbocycles. The lowest BCUT2D eigenvalue weighted by Crippen LogP contribution is -2.25. The molecule has 0 bridgehead atoms. The van der Waals surface area contributed by atoms with Crippen LogP contribution in [0.4, 0.5) is 0 Å². The van der Waals surface area contributed by atoms with Crippen LogP contribution in [-0.2, 0) is 4.79 Å². The summed E-state index contributed by atoms with van der Waals surface area (Å²) in [6.45, 7) is 0. The first-order valence-corrected chi connectivity index (χ1v) is 8.38. The molecule has 0 heterocycles. The van der Waals surface area contributed by atoms with E-state index in [1.54, 1.807) is 30.3 Å². The van der Waals surface area contributed by atoms with Gasteiger partial charge in [0.2, 0.25) is 11.6 Å². The minimum atomic E-state index is -0.389. The second kappa shape index (κ2) is 7.23. The molecular weight excluding hydrogens is 298 g/mol. The van der Waals surface area contributed by atoms with Gasteiger partial charge in [-0.15, -0.1) is 0 Å². The number of nitriles is 1. The second-order valence-electron chi connectivity index (χ2n) is 6.30. The summed E-state index contributed by atoms with van der Waals surface area (Å²) in [6, 6.07) is 16.5. The van der Waals surface area contributed by atoms with Crippen LogP contribution in [0.25, 0.3) is 11.1 Å². The van der Waals surface area contributed by atoms with Crippen molar-refractivity contribution in [1.29, 1.82) is 5.26 Å². The molecule has 0 amide bonds. The van der Waals surface area contributed by atoms with Crippen LogP contribution in [0.2, 0.25) is 0 Å². The first-order valence-electron chi connectivity index (χ1n) is 8.38. The molecule has 2 aromatic rings. The lowest BCUT2D eigenvalue weighted by Gasteiger charge is -2.19. The lowest BCUT2D eigenvalue weighted by atomic mass is 9.83. The first-order chi connectivity index (χ1) is 11.7. The summed E-state index contributed by atoms with van der Waals surface area (Å²) in [4.78, 5) is 25.0. The molecule has 0 N–H and O–H groups in total. The van der Waals surface area contributed by atoms with Gasteiger partial charge in [-0.3, -0.25) is 9.59 Å². The van der Waals surface area contributed by atoms with E-state index >= 15 is 0 Å².